The summed E-state index contributed by atoms with van der Waals surface area (Å²) in [6.45, 7) is 2.38. The maximum absolute atomic E-state index is 5.95. The highest BCUT2D eigenvalue weighted by Gasteiger charge is 2.12. The van der Waals surface area contributed by atoms with Crippen molar-refractivity contribution in [2.75, 3.05) is 33.9 Å². The second-order valence-electron chi connectivity index (χ2n) is 7.32. The van der Waals surface area contributed by atoms with Crippen LogP contribution >= 0.6 is 24.0 Å². The predicted molar refractivity (Wildman–Crippen MR) is 130 cm³/mol. The number of hydrogen-bond acceptors (Lipinski definition) is 4. The van der Waals surface area contributed by atoms with E-state index in [1.165, 1.54) is 32.1 Å². The van der Waals surface area contributed by atoms with E-state index in [9.17, 15) is 0 Å². The van der Waals surface area contributed by atoms with Gasteiger partial charge in [0.1, 0.15) is 0 Å². The molecule has 0 saturated heterocycles. The Balaban J connectivity index is 0.00000420. The van der Waals surface area contributed by atoms with E-state index in [0.717, 1.165) is 62.4 Å². The number of hydrogen-bond donors (Lipinski definition) is 2. The van der Waals surface area contributed by atoms with E-state index in [-0.39, 0.29) is 24.0 Å². The van der Waals surface area contributed by atoms with E-state index < -0.39 is 0 Å². The van der Waals surface area contributed by atoms with Crippen molar-refractivity contribution in [1.82, 2.24) is 5.32 Å². The average molecular weight is 519 g/mol. The molecule has 3 N–H and O–H groups in total. The number of unbranched alkanes of at least 4 members (excludes halogenated alkanes) is 2. The lowest BCUT2D eigenvalue weighted by Crippen LogP contribution is -2.33. The molecule has 0 aromatic heterocycles. The molecule has 0 atom stereocenters. The van der Waals surface area contributed by atoms with E-state index in [1.807, 2.05) is 18.2 Å². The summed E-state index contributed by atoms with van der Waals surface area (Å²) in [5.74, 6) is 2.00. The molecule has 0 heterocycles. The molecule has 1 aliphatic carbocycles. The van der Waals surface area contributed by atoms with Gasteiger partial charge in [-0.05, 0) is 56.2 Å². The van der Waals surface area contributed by atoms with Gasteiger partial charge in [-0.1, -0.05) is 25.3 Å². The Morgan fingerprint density at radius 1 is 1.07 bits per heavy atom. The molecular formula is C22H38IN3O3. The van der Waals surface area contributed by atoms with Gasteiger partial charge in [0.25, 0.3) is 0 Å². The van der Waals surface area contributed by atoms with Gasteiger partial charge in [-0.2, -0.15) is 0 Å². The number of nitrogens with zero attached hydrogens (tertiary/aromatic N) is 1. The summed E-state index contributed by atoms with van der Waals surface area (Å²) in [5.41, 5.74) is 7.11. The van der Waals surface area contributed by atoms with Gasteiger partial charge in [0.05, 0.1) is 20.3 Å². The van der Waals surface area contributed by atoms with Crippen molar-refractivity contribution in [1.29, 1.82) is 0 Å². The van der Waals surface area contributed by atoms with Crippen LogP contribution < -0.4 is 20.5 Å². The molecule has 1 aromatic carbocycles. The third-order valence-corrected chi connectivity index (χ3v) is 5.16. The van der Waals surface area contributed by atoms with Crippen LogP contribution in [0.4, 0.5) is 0 Å². The quantitative estimate of drug-likeness (QED) is 0.187. The minimum absolute atomic E-state index is 0. The van der Waals surface area contributed by atoms with Crippen LogP contribution in [-0.2, 0) is 11.2 Å². The zero-order valence-corrected chi connectivity index (χ0v) is 20.3. The number of nitrogens with one attached hydrogen (secondary N) is 1. The number of nitrogens with two attached hydrogens (primary N) is 1. The Hall–Kier alpha value is -1.22. The van der Waals surface area contributed by atoms with Gasteiger partial charge >= 0.3 is 0 Å². The largest absolute Gasteiger partial charge is 0.493 e. The number of benzene rings is 1. The first-order valence-corrected chi connectivity index (χ1v) is 10.6. The molecule has 0 amide bonds. The van der Waals surface area contributed by atoms with Gasteiger partial charge in [0, 0.05) is 19.7 Å². The lowest BCUT2D eigenvalue weighted by atomic mass is 9.98. The van der Waals surface area contributed by atoms with Crippen LogP contribution in [0.3, 0.4) is 0 Å². The Kier molecular flexibility index (Phi) is 13.9. The highest BCUT2D eigenvalue weighted by molar-refractivity contribution is 14.0. The number of methoxy groups -OCH3 is 2. The van der Waals surface area contributed by atoms with Gasteiger partial charge in [0.15, 0.2) is 17.5 Å². The number of ether oxygens (including phenoxy) is 3. The smallest absolute Gasteiger partial charge is 0.188 e. The average Bonchev–Trinajstić information content (AvgIpc) is 2.73. The predicted octanol–water partition coefficient (Wildman–Crippen LogP) is 4.29. The Morgan fingerprint density at radius 3 is 2.55 bits per heavy atom. The van der Waals surface area contributed by atoms with E-state index in [2.05, 4.69) is 10.3 Å². The Labute approximate surface area is 193 Å². The van der Waals surface area contributed by atoms with Crippen molar-refractivity contribution in [2.45, 2.75) is 63.9 Å². The van der Waals surface area contributed by atoms with Gasteiger partial charge in [-0.3, -0.25) is 4.99 Å². The van der Waals surface area contributed by atoms with E-state index in [0.29, 0.717) is 12.1 Å². The molecule has 166 valence electrons. The second kappa shape index (κ2) is 15.6. The fourth-order valence-corrected chi connectivity index (χ4v) is 3.50. The SMILES string of the molecule is COc1ccc(CCNC(N)=NCCCCCOC2CCCCC2)cc1OC.I. The summed E-state index contributed by atoms with van der Waals surface area (Å²) >= 11 is 0. The first-order valence-electron chi connectivity index (χ1n) is 10.6. The van der Waals surface area contributed by atoms with Gasteiger partial charge < -0.3 is 25.3 Å². The fraction of sp³-hybridized carbons (Fsp3) is 0.682. The van der Waals surface area contributed by atoms with Crippen LogP contribution in [0.25, 0.3) is 0 Å². The highest BCUT2D eigenvalue weighted by Crippen LogP contribution is 2.27. The van der Waals surface area contributed by atoms with Crippen LogP contribution in [0.2, 0.25) is 0 Å². The molecule has 0 radical (unpaired) electrons. The lowest BCUT2D eigenvalue weighted by Gasteiger charge is -2.21. The van der Waals surface area contributed by atoms with Crippen molar-refractivity contribution >= 4 is 29.9 Å². The Bertz CT molecular complexity index is 593. The second-order valence-corrected chi connectivity index (χ2v) is 7.32. The topological polar surface area (TPSA) is 78.1 Å². The van der Waals surface area contributed by atoms with Crippen molar-refractivity contribution in [3.05, 3.63) is 23.8 Å². The standard InChI is InChI=1S/C22H37N3O3.HI/c1-26-20-12-11-18(17-21(20)27-2)13-15-25-22(23)24-14-7-4-8-16-28-19-9-5-3-6-10-19;/h11-12,17,19H,3-10,13-16H2,1-2H3,(H3,23,24,25);1H. The van der Waals surface area contributed by atoms with Crippen LogP contribution in [-0.4, -0.2) is 46.0 Å². The minimum Gasteiger partial charge on any atom is -0.493 e. The monoisotopic (exact) mass is 519 g/mol. The molecule has 1 aliphatic rings. The highest BCUT2D eigenvalue weighted by atomic mass is 127. The van der Waals surface area contributed by atoms with Crippen molar-refractivity contribution in [2.24, 2.45) is 10.7 Å². The zero-order chi connectivity index (χ0) is 20.0. The number of halogens is 1. The molecule has 0 spiro atoms. The van der Waals surface area contributed by atoms with Gasteiger partial charge in [0.2, 0.25) is 0 Å². The summed E-state index contributed by atoms with van der Waals surface area (Å²) in [6.07, 6.45) is 11.2. The van der Waals surface area contributed by atoms with Crippen LogP contribution in [0, 0.1) is 0 Å². The summed E-state index contributed by atoms with van der Waals surface area (Å²) in [6, 6.07) is 5.94. The van der Waals surface area contributed by atoms with E-state index in [4.69, 9.17) is 19.9 Å². The molecule has 2 rings (SSSR count). The maximum atomic E-state index is 5.95. The first-order chi connectivity index (χ1) is 13.7. The molecule has 0 aliphatic heterocycles. The molecule has 7 heteroatoms. The number of guanidine groups is 1. The van der Waals surface area contributed by atoms with Gasteiger partial charge in [-0.25, -0.2) is 0 Å². The summed E-state index contributed by atoms with van der Waals surface area (Å²) < 4.78 is 16.5. The summed E-state index contributed by atoms with van der Waals surface area (Å²) in [5, 5.41) is 3.17. The normalized spacial score (nSPS) is 14.9. The zero-order valence-electron chi connectivity index (χ0n) is 18.0. The molecule has 6 nitrogen and oxygen atoms in total. The molecule has 1 fully saturated rings. The van der Waals surface area contributed by atoms with E-state index in [1.54, 1.807) is 14.2 Å². The summed E-state index contributed by atoms with van der Waals surface area (Å²) in [4.78, 5) is 4.40. The molecule has 1 aromatic rings. The molecule has 1 saturated carbocycles. The lowest BCUT2D eigenvalue weighted by molar-refractivity contribution is 0.0264. The number of aliphatic imine (C=N–C) groups is 1. The van der Waals surface area contributed by atoms with E-state index >= 15 is 0 Å². The molecular weight excluding hydrogens is 481 g/mol. The molecule has 0 bridgehead atoms. The minimum atomic E-state index is 0. The summed E-state index contributed by atoms with van der Waals surface area (Å²) in [7, 11) is 3.28. The van der Waals surface area contributed by atoms with Gasteiger partial charge in [-0.15, -0.1) is 24.0 Å². The fourth-order valence-electron chi connectivity index (χ4n) is 3.50. The van der Waals surface area contributed by atoms with Crippen LogP contribution in [0.15, 0.2) is 23.2 Å². The first kappa shape index (κ1) is 25.8. The van der Waals surface area contributed by atoms with Crippen molar-refractivity contribution in [3.8, 4) is 11.5 Å². The van der Waals surface area contributed by atoms with Crippen LogP contribution in [0.1, 0.15) is 56.9 Å². The van der Waals surface area contributed by atoms with Crippen molar-refractivity contribution in [3.63, 3.8) is 0 Å². The molecule has 0 unspecified atom stereocenters. The maximum Gasteiger partial charge on any atom is 0.188 e. The third kappa shape index (κ3) is 10.4. The number of rotatable bonds is 12. The van der Waals surface area contributed by atoms with Crippen molar-refractivity contribution < 1.29 is 14.2 Å². The molecule has 29 heavy (non-hydrogen) atoms. The Morgan fingerprint density at radius 2 is 1.83 bits per heavy atom. The third-order valence-electron chi connectivity index (χ3n) is 5.16. The van der Waals surface area contributed by atoms with Crippen LogP contribution in [0.5, 0.6) is 11.5 Å².